The molecule has 3 heteroatoms. The van der Waals surface area contributed by atoms with Crippen LogP contribution in [-0.2, 0) is 6.42 Å². The van der Waals surface area contributed by atoms with Crippen LogP contribution in [0.2, 0.25) is 0 Å². The zero-order valence-electron chi connectivity index (χ0n) is 13.6. The molecule has 0 heterocycles. The quantitative estimate of drug-likeness (QED) is 0.884. The molecule has 2 rings (SSSR count). The van der Waals surface area contributed by atoms with Gasteiger partial charge < -0.3 is 10.6 Å². The Balaban J connectivity index is 2.19. The highest BCUT2D eigenvalue weighted by Crippen LogP contribution is 2.32. The van der Waals surface area contributed by atoms with E-state index < -0.39 is 0 Å². The summed E-state index contributed by atoms with van der Waals surface area (Å²) in [6, 6.07) is 5.96. The molecule has 1 aromatic rings. The van der Waals surface area contributed by atoms with Crippen molar-refractivity contribution in [3.8, 4) is 0 Å². The van der Waals surface area contributed by atoms with E-state index in [1.54, 1.807) is 6.07 Å². The van der Waals surface area contributed by atoms with E-state index in [1.807, 2.05) is 12.1 Å². The van der Waals surface area contributed by atoms with Gasteiger partial charge in [-0.1, -0.05) is 19.9 Å². The van der Waals surface area contributed by atoms with Gasteiger partial charge in [0.1, 0.15) is 5.82 Å². The molecule has 1 atom stereocenters. The molecule has 1 aromatic carbocycles. The molecule has 0 bridgehead atoms. The standard InChI is InChI=1S/C18H29FN2/c1-4-14(20)12-16-17(19)6-5-7-18(16)21(3)15-10-8-13(2)9-11-15/h5-7,13-15H,4,8-12,20H2,1-3H3. The van der Waals surface area contributed by atoms with Crippen LogP contribution in [-0.4, -0.2) is 19.1 Å². The highest BCUT2D eigenvalue weighted by Gasteiger charge is 2.24. The number of rotatable bonds is 5. The van der Waals surface area contributed by atoms with E-state index in [2.05, 4.69) is 25.8 Å². The van der Waals surface area contributed by atoms with E-state index >= 15 is 0 Å². The SMILES string of the molecule is CCC(N)Cc1c(F)cccc1N(C)C1CCC(C)CC1. The Morgan fingerprint density at radius 2 is 1.95 bits per heavy atom. The third-order valence-electron chi connectivity index (χ3n) is 5.00. The van der Waals surface area contributed by atoms with Gasteiger partial charge in [-0.25, -0.2) is 4.39 Å². The molecule has 2 N–H and O–H groups in total. The third kappa shape index (κ3) is 3.97. The fraction of sp³-hybridized carbons (Fsp3) is 0.667. The van der Waals surface area contributed by atoms with Crippen molar-refractivity contribution < 1.29 is 4.39 Å². The maximum absolute atomic E-state index is 14.3. The topological polar surface area (TPSA) is 29.3 Å². The van der Waals surface area contributed by atoms with Crippen LogP contribution in [0.25, 0.3) is 0 Å². The first-order valence-electron chi connectivity index (χ1n) is 8.28. The monoisotopic (exact) mass is 292 g/mol. The molecule has 1 saturated carbocycles. The summed E-state index contributed by atoms with van der Waals surface area (Å²) in [4.78, 5) is 2.28. The van der Waals surface area contributed by atoms with E-state index in [0.29, 0.717) is 12.5 Å². The molecule has 1 aliphatic carbocycles. The lowest BCUT2D eigenvalue weighted by Crippen LogP contribution is -2.36. The van der Waals surface area contributed by atoms with Crippen LogP contribution in [0.15, 0.2) is 18.2 Å². The largest absolute Gasteiger partial charge is 0.371 e. The van der Waals surface area contributed by atoms with E-state index in [4.69, 9.17) is 5.73 Å². The number of anilines is 1. The molecule has 0 amide bonds. The molecule has 21 heavy (non-hydrogen) atoms. The van der Waals surface area contributed by atoms with Crippen LogP contribution in [0.3, 0.4) is 0 Å². The van der Waals surface area contributed by atoms with Gasteiger partial charge in [0, 0.05) is 30.4 Å². The molecule has 0 aliphatic heterocycles. The van der Waals surface area contributed by atoms with Crippen LogP contribution in [0.4, 0.5) is 10.1 Å². The van der Waals surface area contributed by atoms with Crippen LogP contribution < -0.4 is 10.6 Å². The number of hydrogen-bond donors (Lipinski definition) is 1. The number of hydrogen-bond acceptors (Lipinski definition) is 2. The van der Waals surface area contributed by atoms with Gasteiger partial charge in [-0.3, -0.25) is 0 Å². The minimum atomic E-state index is -0.118. The van der Waals surface area contributed by atoms with Crippen molar-refractivity contribution in [3.63, 3.8) is 0 Å². The van der Waals surface area contributed by atoms with Crippen molar-refractivity contribution in [2.24, 2.45) is 11.7 Å². The van der Waals surface area contributed by atoms with Crippen molar-refractivity contribution in [2.45, 2.75) is 64.5 Å². The maximum Gasteiger partial charge on any atom is 0.128 e. The van der Waals surface area contributed by atoms with Crippen LogP contribution in [0.5, 0.6) is 0 Å². The Kier molecular flexibility index (Phi) is 5.63. The van der Waals surface area contributed by atoms with E-state index in [9.17, 15) is 4.39 Å². The van der Waals surface area contributed by atoms with Crippen molar-refractivity contribution in [2.75, 3.05) is 11.9 Å². The highest BCUT2D eigenvalue weighted by atomic mass is 19.1. The molecule has 1 fully saturated rings. The van der Waals surface area contributed by atoms with Crippen molar-refractivity contribution in [3.05, 3.63) is 29.6 Å². The van der Waals surface area contributed by atoms with Gasteiger partial charge in [0.15, 0.2) is 0 Å². The van der Waals surface area contributed by atoms with Gasteiger partial charge in [-0.2, -0.15) is 0 Å². The molecule has 0 spiro atoms. The minimum Gasteiger partial charge on any atom is -0.371 e. The smallest absolute Gasteiger partial charge is 0.128 e. The average Bonchev–Trinajstić information content (AvgIpc) is 2.49. The zero-order chi connectivity index (χ0) is 15.4. The second kappa shape index (κ2) is 7.26. The number of nitrogens with two attached hydrogens (primary N) is 1. The molecule has 1 aliphatic rings. The minimum absolute atomic E-state index is 0.0282. The summed E-state index contributed by atoms with van der Waals surface area (Å²) in [6.07, 6.45) is 6.44. The Labute approximate surface area is 128 Å². The first-order chi connectivity index (χ1) is 10.0. The Morgan fingerprint density at radius 3 is 2.57 bits per heavy atom. The van der Waals surface area contributed by atoms with E-state index in [1.165, 1.54) is 25.7 Å². The summed E-state index contributed by atoms with van der Waals surface area (Å²) in [6.45, 7) is 4.38. The van der Waals surface area contributed by atoms with Crippen molar-refractivity contribution in [1.29, 1.82) is 0 Å². The second-order valence-electron chi connectivity index (χ2n) is 6.63. The molecule has 0 radical (unpaired) electrons. The van der Waals surface area contributed by atoms with Gasteiger partial charge in [0.05, 0.1) is 0 Å². The van der Waals surface area contributed by atoms with Gasteiger partial charge in [-0.05, 0) is 56.6 Å². The lowest BCUT2D eigenvalue weighted by molar-refractivity contribution is 0.340. The normalized spacial score (nSPS) is 23.9. The van der Waals surface area contributed by atoms with E-state index in [0.717, 1.165) is 23.6 Å². The predicted molar refractivity (Wildman–Crippen MR) is 88.2 cm³/mol. The van der Waals surface area contributed by atoms with Crippen molar-refractivity contribution in [1.82, 2.24) is 0 Å². The molecular formula is C18H29FN2. The zero-order valence-corrected chi connectivity index (χ0v) is 13.6. The molecule has 0 saturated heterocycles. The molecule has 2 nitrogen and oxygen atoms in total. The lowest BCUT2D eigenvalue weighted by Gasteiger charge is -2.36. The fourth-order valence-electron chi connectivity index (χ4n) is 3.31. The fourth-order valence-corrected chi connectivity index (χ4v) is 3.31. The third-order valence-corrected chi connectivity index (χ3v) is 5.00. The van der Waals surface area contributed by atoms with Crippen LogP contribution >= 0.6 is 0 Å². The van der Waals surface area contributed by atoms with Gasteiger partial charge in [-0.15, -0.1) is 0 Å². The first kappa shape index (κ1) is 16.3. The number of nitrogens with zero attached hydrogens (tertiary/aromatic N) is 1. The van der Waals surface area contributed by atoms with Gasteiger partial charge in [0.25, 0.3) is 0 Å². The van der Waals surface area contributed by atoms with Gasteiger partial charge in [0.2, 0.25) is 0 Å². The highest BCUT2D eigenvalue weighted by molar-refractivity contribution is 5.55. The number of halogens is 1. The summed E-state index contributed by atoms with van der Waals surface area (Å²) < 4.78 is 14.3. The van der Waals surface area contributed by atoms with Crippen LogP contribution in [0, 0.1) is 11.7 Å². The Bertz CT molecular complexity index is 453. The summed E-state index contributed by atoms with van der Waals surface area (Å²) in [7, 11) is 2.11. The average molecular weight is 292 g/mol. The van der Waals surface area contributed by atoms with Crippen LogP contribution in [0.1, 0.15) is 51.5 Å². The van der Waals surface area contributed by atoms with Crippen molar-refractivity contribution >= 4 is 5.69 Å². The first-order valence-corrected chi connectivity index (χ1v) is 8.28. The Hall–Kier alpha value is -1.09. The second-order valence-corrected chi connectivity index (χ2v) is 6.63. The van der Waals surface area contributed by atoms with Gasteiger partial charge >= 0.3 is 0 Å². The lowest BCUT2D eigenvalue weighted by atomic mass is 9.86. The maximum atomic E-state index is 14.3. The van der Waals surface area contributed by atoms with E-state index in [-0.39, 0.29) is 11.9 Å². The predicted octanol–water partition coefficient (Wildman–Crippen LogP) is 4.12. The summed E-state index contributed by atoms with van der Waals surface area (Å²) in [5.41, 5.74) is 7.87. The Morgan fingerprint density at radius 1 is 1.29 bits per heavy atom. The molecule has 0 aromatic heterocycles. The summed E-state index contributed by atoms with van der Waals surface area (Å²) in [5, 5.41) is 0. The molecule has 118 valence electrons. The molecular weight excluding hydrogens is 263 g/mol. The molecule has 1 unspecified atom stereocenters. The summed E-state index contributed by atoms with van der Waals surface area (Å²) >= 11 is 0. The summed E-state index contributed by atoms with van der Waals surface area (Å²) in [5.74, 6) is 0.711. The number of benzene rings is 1.